The zero-order valence-electron chi connectivity index (χ0n) is 8.79. The van der Waals surface area contributed by atoms with Gasteiger partial charge in [0.2, 0.25) is 0 Å². The van der Waals surface area contributed by atoms with Crippen LogP contribution in [0.2, 0.25) is 0 Å². The Kier molecular flexibility index (Phi) is 5.35. The van der Waals surface area contributed by atoms with Gasteiger partial charge >= 0.3 is 0 Å². The molecule has 0 radical (unpaired) electrons. The predicted octanol–water partition coefficient (Wildman–Crippen LogP) is 1.13. The largest absolute Gasteiger partial charge is 0.382 e. The van der Waals surface area contributed by atoms with E-state index in [0.717, 1.165) is 45.9 Å². The van der Waals surface area contributed by atoms with Gasteiger partial charge in [-0.2, -0.15) is 0 Å². The number of ether oxygens (including phenoxy) is 2. The van der Waals surface area contributed by atoms with Gasteiger partial charge in [-0.25, -0.2) is 0 Å². The van der Waals surface area contributed by atoms with Crippen LogP contribution in [0.3, 0.4) is 0 Å². The summed E-state index contributed by atoms with van der Waals surface area (Å²) in [6, 6.07) is 0.579. The molecule has 0 aliphatic carbocycles. The molecule has 13 heavy (non-hydrogen) atoms. The topological polar surface area (TPSA) is 21.7 Å². The quantitative estimate of drug-likeness (QED) is 0.602. The fourth-order valence-corrected chi connectivity index (χ4v) is 1.61. The van der Waals surface area contributed by atoms with Gasteiger partial charge in [-0.05, 0) is 20.3 Å². The molecule has 0 spiro atoms. The molecule has 0 N–H and O–H groups in total. The van der Waals surface area contributed by atoms with Gasteiger partial charge in [-0.15, -0.1) is 0 Å². The van der Waals surface area contributed by atoms with Crippen molar-refractivity contribution in [1.82, 2.24) is 4.90 Å². The highest BCUT2D eigenvalue weighted by molar-refractivity contribution is 4.70. The second kappa shape index (κ2) is 6.35. The molecule has 1 atom stereocenters. The van der Waals surface area contributed by atoms with E-state index >= 15 is 0 Å². The fraction of sp³-hybridized carbons (Fsp3) is 1.00. The number of nitrogens with zero attached hydrogens (tertiary/aromatic N) is 1. The number of morpholine rings is 1. The lowest BCUT2D eigenvalue weighted by atomic mass is 10.2. The van der Waals surface area contributed by atoms with Gasteiger partial charge < -0.3 is 9.47 Å². The second-order valence-electron chi connectivity index (χ2n) is 3.51. The molecule has 1 fully saturated rings. The zero-order valence-corrected chi connectivity index (χ0v) is 8.79. The van der Waals surface area contributed by atoms with Crippen LogP contribution in [0.1, 0.15) is 20.3 Å². The zero-order chi connectivity index (χ0) is 9.52. The van der Waals surface area contributed by atoms with Crippen LogP contribution in [-0.2, 0) is 9.47 Å². The molecule has 0 aromatic rings. The Balaban J connectivity index is 2.05. The first-order valence-corrected chi connectivity index (χ1v) is 5.24. The van der Waals surface area contributed by atoms with Crippen LogP contribution < -0.4 is 0 Å². The van der Waals surface area contributed by atoms with E-state index in [1.807, 2.05) is 6.92 Å². The first kappa shape index (κ1) is 11.0. The molecule has 1 saturated heterocycles. The summed E-state index contributed by atoms with van der Waals surface area (Å²) < 4.78 is 10.7. The molecule has 0 amide bonds. The van der Waals surface area contributed by atoms with Crippen molar-refractivity contribution in [2.24, 2.45) is 0 Å². The maximum Gasteiger partial charge on any atom is 0.0619 e. The van der Waals surface area contributed by atoms with Crippen LogP contribution in [0.25, 0.3) is 0 Å². The Morgan fingerprint density at radius 2 is 2.38 bits per heavy atom. The van der Waals surface area contributed by atoms with Crippen LogP contribution in [0.4, 0.5) is 0 Å². The van der Waals surface area contributed by atoms with E-state index in [4.69, 9.17) is 9.47 Å². The van der Waals surface area contributed by atoms with Crippen molar-refractivity contribution in [1.29, 1.82) is 0 Å². The minimum absolute atomic E-state index is 0.579. The van der Waals surface area contributed by atoms with Crippen molar-refractivity contribution in [2.75, 3.05) is 39.5 Å². The van der Waals surface area contributed by atoms with Gasteiger partial charge in [0.05, 0.1) is 13.2 Å². The molecule has 3 heteroatoms. The highest BCUT2D eigenvalue weighted by Gasteiger charge is 2.17. The molecule has 0 bridgehead atoms. The standard InChI is InChI=1S/C10H21NO2/c1-3-12-7-4-5-11-6-8-13-9-10(11)2/h10H,3-9H2,1-2H3/t10-/m0/s1. The SMILES string of the molecule is CCOCCCN1CCOC[C@@H]1C. The summed E-state index contributed by atoms with van der Waals surface area (Å²) >= 11 is 0. The van der Waals surface area contributed by atoms with Crippen LogP contribution in [0, 0.1) is 0 Å². The van der Waals surface area contributed by atoms with E-state index < -0.39 is 0 Å². The van der Waals surface area contributed by atoms with E-state index in [1.54, 1.807) is 0 Å². The van der Waals surface area contributed by atoms with E-state index in [-0.39, 0.29) is 0 Å². The minimum Gasteiger partial charge on any atom is -0.382 e. The van der Waals surface area contributed by atoms with Gasteiger partial charge in [-0.1, -0.05) is 0 Å². The Bertz CT molecular complexity index is 130. The van der Waals surface area contributed by atoms with Gasteiger partial charge in [0, 0.05) is 32.3 Å². The molecule has 1 aliphatic rings. The minimum atomic E-state index is 0.579. The first-order chi connectivity index (χ1) is 6.34. The van der Waals surface area contributed by atoms with Gasteiger partial charge in [0.15, 0.2) is 0 Å². The summed E-state index contributed by atoms with van der Waals surface area (Å²) in [6.07, 6.45) is 1.14. The first-order valence-electron chi connectivity index (χ1n) is 5.24. The van der Waals surface area contributed by atoms with E-state index in [0.29, 0.717) is 6.04 Å². The molecule has 0 unspecified atom stereocenters. The number of rotatable bonds is 5. The Labute approximate surface area is 81.0 Å². The lowest BCUT2D eigenvalue weighted by molar-refractivity contribution is -0.00418. The maximum absolute atomic E-state index is 5.37. The number of hydrogen-bond acceptors (Lipinski definition) is 3. The molecule has 1 heterocycles. The summed E-state index contributed by atoms with van der Waals surface area (Å²) in [7, 11) is 0. The highest BCUT2D eigenvalue weighted by Crippen LogP contribution is 2.06. The maximum atomic E-state index is 5.37. The highest BCUT2D eigenvalue weighted by atomic mass is 16.5. The normalized spacial score (nSPS) is 24.9. The molecule has 0 aromatic heterocycles. The molecule has 3 nitrogen and oxygen atoms in total. The number of hydrogen-bond donors (Lipinski definition) is 0. The fourth-order valence-electron chi connectivity index (χ4n) is 1.61. The molecule has 0 aromatic carbocycles. The Morgan fingerprint density at radius 1 is 1.54 bits per heavy atom. The molecular formula is C10H21NO2. The summed E-state index contributed by atoms with van der Waals surface area (Å²) in [5.41, 5.74) is 0. The van der Waals surface area contributed by atoms with Crippen molar-refractivity contribution in [3.05, 3.63) is 0 Å². The predicted molar refractivity (Wildman–Crippen MR) is 53.0 cm³/mol. The third kappa shape index (κ3) is 4.07. The monoisotopic (exact) mass is 187 g/mol. The smallest absolute Gasteiger partial charge is 0.0619 e. The average molecular weight is 187 g/mol. The van der Waals surface area contributed by atoms with Gasteiger partial charge in [0.25, 0.3) is 0 Å². The summed E-state index contributed by atoms with van der Waals surface area (Å²) in [5.74, 6) is 0. The molecular weight excluding hydrogens is 166 g/mol. The average Bonchev–Trinajstić information content (AvgIpc) is 2.15. The molecule has 78 valence electrons. The van der Waals surface area contributed by atoms with E-state index in [1.165, 1.54) is 0 Å². The van der Waals surface area contributed by atoms with Crippen LogP contribution in [0.5, 0.6) is 0 Å². The van der Waals surface area contributed by atoms with Crippen molar-refractivity contribution in [3.8, 4) is 0 Å². The van der Waals surface area contributed by atoms with Crippen LogP contribution in [-0.4, -0.2) is 50.5 Å². The Morgan fingerprint density at radius 3 is 3.08 bits per heavy atom. The third-order valence-corrected chi connectivity index (χ3v) is 2.44. The molecule has 0 saturated carbocycles. The van der Waals surface area contributed by atoms with Gasteiger partial charge in [0.1, 0.15) is 0 Å². The van der Waals surface area contributed by atoms with Crippen molar-refractivity contribution in [3.63, 3.8) is 0 Å². The third-order valence-electron chi connectivity index (χ3n) is 2.44. The lowest BCUT2D eigenvalue weighted by Crippen LogP contribution is -2.44. The summed E-state index contributed by atoms with van der Waals surface area (Å²) in [5, 5.41) is 0. The second-order valence-corrected chi connectivity index (χ2v) is 3.51. The molecule has 1 aliphatic heterocycles. The summed E-state index contributed by atoms with van der Waals surface area (Å²) in [4.78, 5) is 2.47. The Hall–Kier alpha value is -0.120. The van der Waals surface area contributed by atoms with Crippen molar-refractivity contribution < 1.29 is 9.47 Å². The summed E-state index contributed by atoms with van der Waals surface area (Å²) in [6.45, 7) is 9.97. The van der Waals surface area contributed by atoms with Crippen molar-refractivity contribution in [2.45, 2.75) is 26.3 Å². The van der Waals surface area contributed by atoms with Crippen molar-refractivity contribution >= 4 is 0 Å². The van der Waals surface area contributed by atoms with E-state index in [2.05, 4.69) is 11.8 Å². The van der Waals surface area contributed by atoms with Gasteiger partial charge in [-0.3, -0.25) is 4.90 Å². The molecule has 1 rings (SSSR count). The van der Waals surface area contributed by atoms with Crippen LogP contribution >= 0.6 is 0 Å². The lowest BCUT2D eigenvalue weighted by Gasteiger charge is -2.33. The van der Waals surface area contributed by atoms with Crippen LogP contribution in [0.15, 0.2) is 0 Å². The van der Waals surface area contributed by atoms with E-state index in [9.17, 15) is 0 Å².